The standard InChI is InChI=1S/C22H40N2/c1-19(2,3)17(21(7,8)23)15-11-13-16(14-12-15)18(20(4,5)6)22(9,10)24/h11-14,17-18H,23-24H2,1-10H3. The van der Waals surface area contributed by atoms with E-state index < -0.39 is 0 Å². The first-order valence-electron chi connectivity index (χ1n) is 9.13. The molecule has 0 fully saturated rings. The zero-order valence-corrected chi connectivity index (χ0v) is 17.6. The van der Waals surface area contributed by atoms with Gasteiger partial charge in [0.2, 0.25) is 0 Å². The number of benzene rings is 1. The third kappa shape index (κ3) is 5.07. The van der Waals surface area contributed by atoms with Crippen LogP contribution in [0.1, 0.15) is 92.2 Å². The summed E-state index contributed by atoms with van der Waals surface area (Å²) in [7, 11) is 0. The number of rotatable bonds is 4. The first-order chi connectivity index (χ1) is 10.5. The third-order valence-electron chi connectivity index (χ3n) is 4.82. The van der Waals surface area contributed by atoms with Crippen molar-refractivity contribution in [2.45, 2.75) is 92.2 Å². The molecule has 2 unspecified atom stereocenters. The van der Waals surface area contributed by atoms with Gasteiger partial charge in [0.25, 0.3) is 0 Å². The Labute approximate surface area is 150 Å². The molecule has 0 spiro atoms. The summed E-state index contributed by atoms with van der Waals surface area (Å²) in [5, 5.41) is 0. The van der Waals surface area contributed by atoms with Gasteiger partial charge in [-0.15, -0.1) is 0 Å². The zero-order valence-electron chi connectivity index (χ0n) is 17.6. The van der Waals surface area contributed by atoms with E-state index in [1.165, 1.54) is 11.1 Å². The highest BCUT2D eigenvalue weighted by atomic mass is 14.7. The molecule has 1 aromatic carbocycles. The summed E-state index contributed by atoms with van der Waals surface area (Å²) in [5.74, 6) is 0.580. The highest BCUT2D eigenvalue weighted by molar-refractivity contribution is 5.33. The average molecular weight is 333 g/mol. The second-order valence-corrected chi connectivity index (χ2v) is 10.9. The summed E-state index contributed by atoms with van der Waals surface area (Å²) in [5.41, 5.74) is 15.3. The second-order valence-electron chi connectivity index (χ2n) is 10.9. The molecule has 0 bridgehead atoms. The van der Waals surface area contributed by atoms with Crippen molar-refractivity contribution < 1.29 is 0 Å². The molecule has 138 valence electrons. The van der Waals surface area contributed by atoms with Crippen LogP contribution in [0.2, 0.25) is 0 Å². The molecule has 24 heavy (non-hydrogen) atoms. The van der Waals surface area contributed by atoms with E-state index in [1.54, 1.807) is 0 Å². The van der Waals surface area contributed by atoms with Crippen molar-refractivity contribution in [3.63, 3.8) is 0 Å². The molecule has 4 N–H and O–H groups in total. The van der Waals surface area contributed by atoms with Gasteiger partial charge in [-0.25, -0.2) is 0 Å². The SMILES string of the molecule is CC(C)(C)C(c1ccc(C(C(C)(C)C)C(C)(C)N)cc1)C(C)(C)N. The minimum absolute atomic E-state index is 0.107. The van der Waals surface area contributed by atoms with Crippen molar-refractivity contribution in [3.8, 4) is 0 Å². The normalized spacial score (nSPS) is 16.8. The first-order valence-corrected chi connectivity index (χ1v) is 9.13. The van der Waals surface area contributed by atoms with Gasteiger partial charge in [-0.3, -0.25) is 0 Å². The Bertz CT molecular complexity index is 449. The van der Waals surface area contributed by atoms with Crippen LogP contribution in [0.25, 0.3) is 0 Å². The fourth-order valence-corrected chi connectivity index (χ4v) is 4.97. The van der Waals surface area contributed by atoms with Gasteiger partial charge in [-0.1, -0.05) is 65.8 Å². The Kier molecular flexibility index (Phi) is 5.70. The quantitative estimate of drug-likeness (QED) is 0.773. The molecule has 0 saturated carbocycles. The van der Waals surface area contributed by atoms with Gasteiger partial charge in [-0.05, 0) is 49.7 Å². The Morgan fingerprint density at radius 3 is 0.875 bits per heavy atom. The maximum atomic E-state index is 6.51. The van der Waals surface area contributed by atoms with Crippen LogP contribution in [0.3, 0.4) is 0 Å². The largest absolute Gasteiger partial charge is 0.325 e. The molecule has 0 aliphatic carbocycles. The van der Waals surface area contributed by atoms with Gasteiger partial charge < -0.3 is 11.5 Å². The first kappa shape index (κ1) is 21.2. The molecule has 0 amide bonds. The van der Waals surface area contributed by atoms with E-state index in [4.69, 9.17) is 11.5 Å². The fraction of sp³-hybridized carbons (Fsp3) is 0.727. The van der Waals surface area contributed by atoms with Gasteiger partial charge in [-0.2, -0.15) is 0 Å². The highest BCUT2D eigenvalue weighted by Crippen LogP contribution is 2.44. The van der Waals surface area contributed by atoms with Gasteiger partial charge in [0.05, 0.1) is 0 Å². The molecule has 2 atom stereocenters. The van der Waals surface area contributed by atoms with Crippen molar-refractivity contribution in [1.82, 2.24) is 0 Å². The van der Waals surface area contributed by atoms with Crippen molar-refractivity contribution in [2.24, 2.45) is 22.3 Å². The van der Waals surface area contributed by atoms with E-state index >= 15 is 0 Å². The molecule has 0 heterocycles. The summed E-state index contributed by atoms with van der Waals surface area (Å²) >= 11 is 0. The Morgan fingerprint density at radius 2 is 0.750 bits per heavy atom. The predicted octanol–water partition coefficient (Wildman–Crippen LogP) is 5.42. The van der Waals surface area contributed by atoms with Gasteiger partial charge >= 0.3 is 0 Å². The lowest BCUT2D eigenvalue weighted by Crippen LogP contribution is -2.46. The summed E-state index contributed by atoms with van der Waals surface area (Å²) < 4.78 is 0. The average Bonchev–Trinajstić information content (AvgIpc) is 2.23. The molecule has 0 aliphatic heterocycles. The second kappa shape index (κ2) is 6.46. The van der Waals surface area contributed by atoms with Crippen LogP contribution in [0.5, 0.6) is 0 Å². The van der Waals surface area contributed by atoms with E-state index in [1.807, 2.05) is 0 Å². The molecule has 2 heteroatoms. The van der Waals surface area contributed by atoms with Crippen LogP contribution in [-0.4, -0.2) is 11.1 Å². The van der Waals surface area contributed by atoms with Crippen LogP contribution < -0.4 is 11.5 Å². The van der Waals surface area contributed by atoms with Crippen LogP contribution >= 0.6 is 0 Å². The molecule has 1 rings (SSSR count). The Balaban J connectivity index is 3.34. The van der Waals surface area contributed by atoms with Crippen molar-refractivity contribution in [3.05, 3.63) is 35.4 Å². The highest BCUT2D eigenvalue weighted by Gasteiger charge is 2.38. The minimum atomic E-state index is -0.268. The number of hydrogen-bond donors (Lipinski definition) is 2. The van der Waals surface area contributed by atoms with Gasteiger partial charge in [0.15, 0.2) is 0 Å². The zero-order chi connectivity index (χ0) is 19.1. The van der Waals surface area contributed by atoms with Crippen molar-refractivity contribution in [1.29, 1.82) is 0 Å². The molecule has 0 aromatic heterocycles. The summed E-state index contributed by atoms with van der Waals surface area (Å²) in [6, 6.07) is 9.02. The van der Waals surface area contributed by atoms with Crippen LogP contribution in [0.4, 0.5) is 0 Å². The predicted molar refractivity (Wildman–Crippen MR) is 107 cm³/mol. The fourth-order valence-electron chi connectivity index (χ4n) is 4.97. The van der Waals surface area contributed by atoms with Crippen LogP contribution in [-0.2, 0) is 0 Å². The summed E-state index contributed by atoms with van der Waals surface area (Å²) in [4.78, 5) is 0. The number of nitrogens with two attached hydrogens (primary N) is 2. The van der Waals surface area contributed by atoms with Crippen molar-refractivity contribution in [2.75, 3.05) is 0 Å². The molecule has 0 aliphatic rings. The third-order valence-corrected chi connectivity index (χ3v) is 4.82. The van der Waals surface area contributed by atoms with Crippen LogP contribution in [0, 0.1) is 10.8 Å². The Hall–Kier alpha value is -0.860. The summed E-state index contributed by atoms with van der Waals surface area (Å²) in [6.07, 6.45) is 0. The molecule has 0 saturated heterocycles. The van der Waals surface area contributed by atoms with Gasteiger partial charge in [0.1, 0.15) is 0 Å². The van der Waals surface area contributed by atoms with E-state index in [-0.39, 0.29) is 33.7 Å². The lowest BCUT2D eigenvalue weighted by molar-refractivity contribution is 0.223. The lowest BCUT2D eigenvalue weighted by atomic mass is 9.65. The maximum Gasteiger partial charge on any atom is 0.0171 e. The van der Waals surface area contributed by atoms with E-state index in [0.717, 1.165) is 0 Å². The van der Waals surface area contributed by atoms with Crippen LogP contribution in [0.15, 0.2) is 24.3 Å². The molecule has 2 nitrogen and oxygen atoms in total. The van der Waals surface area contributed by atoms with E-state index in [2.05, 4.69) is 93.5 Å². The Morgan fingerprint density at radius 1 is 0.542 bits per heavy atom. The lowest BCUT2D eigenvalue weighted by Gasteiger charge is -2.42. The van der Waals surface area contributed by atoms with E-state index in [9.17, 15) is 0 Å². The molecule has 0 radical (unpaired) electrons. The summed E-state index contributed by atoms with van der Waals surface area (Å²) in [6.45, 7) is 22.1. The van der Waals surface area contributed by atoms with E-state index in [0.29, 0.717) is 0 Å². The van der Waals surface area contributed by atoms with Gasteiger partial charge in [0, 0.05) is 22.9 Å². The monoisotopic (exact) mass is 332 g/mol. The smallest absolute Gasteiger partial charge is 0.0171 e. The minimum Gasteiger partial charge on any atom is -0.325 e. The van der Waals surface area contributed by atoms with Crippen molar-refractivity contribution >= 4 is 0 Å². The molecular weight excluding hydrogens is 292 g/mol. The maximum absolute atomic E-state index is 6.51. The number of hydrogen-bond acceptors (Lipinski definition) is 2. The molecular formula is C22H40N2. The molecule has 1 aromatic rings. The topological polar surface area (TPSA) is 52.0 Å².